The van der Waals surface area contributed by atoms with E-state index in [9.17, 15) is 27.2 Å². The van der Waals surface area contributed by atoms with E-state index < -0.39 is 36.0 Å². The summed E-state index contributed by atoms with van der Waals surface area (Å²) < 4.78 is 55.5. The number of benzene rings is 2. The molecule has 0 bridgehead atoms. The molecule has 25 heavy (non-hydrogen) atoms. The van der Waals surface area contributed by atoms with E-state index in [1.165, 1.54) is 18.2 Å². The molecule has 2 rings (SSSR count). The van der Waals surface area contributed by atoms with Crippen LogP contribution in [0.15, 0.2) is 48.5 Å². The Balaban J connectivity index is 1.83. The molecule has 0 saturated carbocycles. The average Bonchev–Trinajstić information content (AvgIpc) is 2.58. The van der Waals surface area contributed by atoms with Crippen LogP contribution in [0.3, 0.4) is 0 Å². The predicted molar refractivity (Wildman–Crippen MR) is 80.0 cm³/mol. The Kier molecular flexibility index (Phi) is 5.74. The van der Waals surface area contributed by atoms with Gasteiger partial charge in [0.15, 0.2) is 0 Å². The van der Waals surface area contributed by atoms with Gasteiger partial charge in [0.05, 0.1) is 5.56 Å². The van der Waals surface area contributed by atoms with Crippen LogP contribution in [0.1, 0.15) is 21.5 Å². The highest BCUT2D eigenvalue weighted by atomic mass is 19.4. The van der Waals surface area contributed by atoms with Gasteiger partial charge in [-0.3, -0.25) is 9.59 Å². The first-order valence-electron chi connectivity index (χ1n) is 7.12. The average molecular weight is 355 g/mol. The number of amides is 1. The van der Waals surface area contributed by atoms with Gasteiger partial charge in [0, 0.05) is 11.1 Å². The molecular formula is C17H13F4NO3. The molecule has 2 aromatic rings. The summed E-state index contributed by atoms with van der Waals surface area (Å²) in [5, 5.41) is 2.22. The fraction of sp³-hybridized carbons (Fsp3) is 0.176. The van der Waals surface area contributed by atoms with Crippen molar-refractivity contribution in [2.75, 3.05) is 6.54 Å². The minimum Gasteiger partial charge on any atom is -0.459 e. The quantitative estimate of drug-likeness (QED) is 0.661. The van der Waals surface area contributed by atoms with Crippen molar-refractivity contribution < 1.29 is 31.9 Å². The van der Waals surface area contributed by atoms with E-state index in [2.05, 4.69) is 5.32 Å². The summed E-state index contributed by atoms with van der Waals surface area (Å²) in [6.45, 7) is -0.782. The van der Waals surface area contributed by atoms with Crippen molar-refractivity contribution in [2.45, 2.75) is 12.8 Å². The molecule has 4 nitrogen and oxygen atoms in total. The van der Waals surface area contributed by atoms with Crippen molar-refractivity contribution in [3.05, 3.63) is 71.0 Å². The van der Waals surface area contributed by atoms with E-state index in [1.807, 2.05) is 0 Å². The summed E-state index contributed by atoms with van der Waals surface area (Å²) in [4.78, 5) is 23.3. The smallest absolute Gasteiger partial charge is 0.416 e. The Morgan fingerprint density at radius 1 is 1.00 bits per heavy atom. The second-order valence-electron chi connectivity index (χ2n) is 5.01. The highest BCUT2D eigenvalue weighted by Gasteiger charge is 2.30. The molecular weight excluding hydrogens is 342 g/mol. The number of hydrogen-bond donors (Lipinski definition) is 1. The van der Waals surface area contributed by atoms with Crippen LogP contribution in [0.25, 0.3) is 0 Å². The van der Waals surface area contributed by atoms with Crippen molar-refractivity contribution >= 4 is 11.9 Å². The summed E-state index contributed by atoms with van der Waals surface area (Å²) >= 11 is 0. The Labute approximate surface area is 140 Å². The maximum absolute atomic E-state index is 13.4. The van der Waals surface area contributed by atoms with E-state index >= 15 is 0 Å². The molecule has 0 aliphatic heterocycles. The van der Waals surface area contributed by atoms with Crippen LogP contribution < -0.4 is 5.32 Å². The lowest BCUT2D eigenvalue weighted by Crippen LogP contribution is -2.30. The summed E-state index contributed by atoms with van der Waals surface area (Å²) in [6.07, 6.45) is -4.49. The van der Waals surface area contributed by atoms with Crippen molar-refractivity contribution in [1.29, 1.82) is 0 Å². The molecule has 0 fully saturated rings. The van der Waals surface area contributed by atoms with Gasteiger partial charge in [0.1, 0.15) is 19.0 Å². The number of esters is 1. The standard InChI is InChI=1S/C17H13F4NO3/c18-14-4-2-1-3-12(14)10-25-15(23)9-22-16(24)11-5-7-13(8-6-11)17(19,20)21/h1-8H,9-10H2,(H,22,24). The van der Waals surface area contributed by atoms with Crippen molar-refractivity contribution in [3.63, 3.8) is 0 Å². The fourth-order valence-electron chi connectivity index (χ4n) is 1.89. The highest BCUT2D eigenvalue weighted by Crippen LogP contribution is 2.29. The summed E-state index contributed by atoms with van der Waals surface area (Å²) in [5.74, 6) is -2.05. The van der Waals surface area contributed by atoms with Gasteiger partial charge in [-0.15, -0.1) is 0 Å². The largest absolute Gasteiger partial charge is 0.459 e. The van der Waals surface area contributed by atoms with Crippen LogP contribution in [0, 0.1) is 5.82 Å². The van der Waals surface area contributed by atoms with Gasteiger partial charge in [-0.2, -0.15) is 13.2 Å². The number of rotatable bonds is 5. The fourth-order valence-corrected chi connectivity index (χ4v) is 1.89. The van der Waals surface area contributed by atoms with Gasteiger partial charge in [0.2, 0.25) is 0 Å². The van der Waals surface area contributed by atoms with Crippen molar-refractivity contribution in [2.24, 2.45) is 0 Å². The number of alkyl halides is 3. The molecule has 0 unspecified atom stereocenters. The first-order valence-corrected chi connectivity index (χ1v) is 7.12. The minimum atomic E-state index is -4.49. The van der Waals surface area contributed by atoms with E-state index in [0.717, 1.165) is 24.3 Å². The third-order valence-corrected chi connectivity index (χ3v) is 3.21. The maximum atomic E-state index is 13.4. The molecule has 8 heteroatoms. The van der Waals surface area contributed by atoms with Crippen molar-refractivity contribution in [3.8, 4) is 0 Å². The van der Waals surface area contributed by atoms with Gasteiger partial charge >= 0.3 is 12.1 Å². The first-order chi connectivity index (χ1) is 11.8. The van der Waals surface area contributed by atoms with Crippen LogP contribution in [-0.4, -0.2) is 18.4 Å². The molecule has 1 amide bonds. The Morgan fingerprint density at radius 3 is 2.24 bits per heavy atom. The normalized spacial score (nSPS) is 11.0. The summed E-state index contributed by atoms with van der Waals surface area (Å²) in [6, 6.07) is 9.28. The lowest BCUT2D eigenvalue weighted by molar-refractivity contribution is -0.143. The van der Waals surface area contributed by atoms with E-state index in [0.29, 0.717) is 0 Å². The highest BCUT2D eigenvalue weighted by molar-refractivity contribution is 5.95. The Bertz CT molecular complexity index is 757. The zero-order valence-corrected chi connectivity index (χ0v) is 12.8. The number of carbonyl (C=O) groups excluding carboxylic acids is 2. The SMILES string of the molecule is O=C(CNC(=O)c1ccc(C(F)(F)F)cc1)OCc1ccccc1F. The van der Waals surface area contributed by atoms with Gasteiger partial charge < -0.3 is 10.1 Å². The third kappa shape index (κ3) is 5.30. The summed E-state index contributed by atoms with van der Waals surface area (Å²) in [5.41, 5.74) is -0.729. The molecule has 2 aromatic carbocycles. The molecule has 132 valence electrons. The van der Waals surface area contributed by atoms with Gasteiger partial charge in [0.25, 0.3) is 5.91 Å². The summed E-state index contributed by atoms with van der Waals surface area (Å²) in [7, 11) is 0. The molecule has 0 aromatic heterocycles. The number of hydrogen-bond acceptors (Lipinski definition) is 3. The van der Waals surface area contributed by atoms with Crippen LogP contribution in [-0.2, 0) is 22.3 Å². The van der Waals surface area contributed by atoms with Crippen LogP contribution in [0.2, 0.25) is 0 Å². The molecule has 0 aliphatic carbocycles. The topological polar surface area (TPSA) is 55.4 Å². The van der Waals surface area contributed by atoms with E-state index in [-0.39, 0.29) is 17.7 Å². The second-order valence-corrected chi connectivity index (χ2v) is 5.01. The first kappa shape index (κ1) is 18.4. The van der Waals surface area contributed by atoms with Crippen molar-refractivity contribution in [1.82, 2.24) is 5.32 Å². The van der Waals surface area contributed by atoms with Gasteiger partial charge in [-0.05, 0) is 30.3 Å². The predicted octanol–water partition coefficient (Wildman–Crippen LogP) is 3.32. The van der Waals surface area contributed by atoms with E-state index in [1.54, 1.807) is 6.07 Å². The molecule has 0 heterocycles. The van der Waals surface area contributed by atoms with Crippen LogP contribution >= 0.6 is 0 Å². The zero-order valence-electron chi connectivity index (χ0n) is 12.8. The van der Waals surface area contributed by atoms with Crippen LogP contribution in [0.4, 0.5) is 17.6 Å². The molecule has 0 atom stereocenters. The Morgan fingerprint density at radius 2 is 1.64 bits per heavy atom. The van der Waals surface area contributed by atoms with Gasteiger partial charge in [-0.25, -0.2) is 4.39 Å². The minimum absolute atomic E-state index is 0.0325. The zero-order chi connectivity index (χ0) is 18.4. The second kappa shape index (κ2) is 7.78. The van der Waals surface area contributed by atoms with Crippen LogP contribution in [0.5, 0.6) is 0 Å². The molecule has 0 radical (unpaired) electrons. The molecule has 0 saturated heterocycles. The molecule has 0 aliphatic rings. The number of halogens is 4. The lowest BCUT2D eigenvalue weighted by atomic mass is 10.1. The number of nitrogens with one attached hydrogen (secondary N) is 1. The number of ether oxygens (including phenoxy) is 1. The monoisotopic (exact) mass is 355 g/mol. The number of carbonyl (C=O) groups is 2. The lowest BCUT2D eigenvalue weighted by Gasteiger charge is -2.09. The molecule has 1 N–H and O–H groups in total. The van der Waals surface area contributed by atoms with Gasteiger partial charge in [-0.1, -0.05) is 18.2 Å². The third-order valence-electron chi connectivity index (χ3n) is 3.21. The van der Waals surface area contributed by atoms with E-state index in [4.69, 9.17) is 4.74 Å². The molecule has 0 spiro atoms. The Hall–Kier alpha value is -2.90. The maximum Gasteiger partial charge on any atom is 0.416 e.